The summed E-state index contributed by atoms with van der Waals surface area (Å²) in [5.74, 6) is -6.04. The molecule has 0 atom stereocenters. The summed E-state index contributed by atoms with van der Waals surface area (Å²) in [6.07, 6.45) is 0.293. The van der Waals surface area contributed by atoms with E-state index in [-0.39, 0.29) is 30.1 Å². The van der Waals surface area contributed by atoms with Crippen LogP contribution < -0.4 is 5.32 Å². The van der Waals surface area contributed by atoms with Gasteiger partial charge in [0, 0.05) is 42.4 Å². The summed E-state index contributed by atoms with van der Waals surface area (Å²) in [5, 5.41) is 6.16. The maximum atomic E-state index is 14.1. The van der Waals surface area contributed by atoms with Crippen LogP contribution in [0.25, 0.3) is 11.3 Å². The van der Waals surface area contributed by atoms with E-state index >= 15 is 0 Å². The van der Waals surface area contributed by atoms with E-state index in [2.05, 4.69) is 10.5 Å². The molecule has 1 aromatic heterocycles. The van der Waals surface area contributed by atoms with Crippen molar-refractivity contribution in [3.8, 4) is 11.3 Å². The maximum absolute atomic E-state index is 14.1. The molecule has 0 unspecified atom stereocenters. The van der Waals surface area contributed by atoms with Crippen molar-refractivity contribution in [3.63, 3.8) is 0 Å². The van der Waals surface area contributed by atoms with Gasteiger partial charge in [-0.05, 0) is 12.1 Å². The number of urea groups is 1. The normalized spacial score (nSPS) is 13.3. The fourth-order valence-electron chi connectivity index (χ4n) is 3.10. The first-order valence-corrected chi connectivity index (χ1v) is 8.47. The third-order valence-electron chi connectivity index (χ3n) is 4.54. The fraction of sp³-hybridized carbons (Fsp3) is 0.158. The monoisotopic (exact) mass is 409 g/mol. The Labute approximate surface area is 160 Å². The lowest BCUT2D eigenvalue weighted by atomic mass is 10.0. The molecule has 1 N–H and O–H groups in total. The van der Waals surface area contributed by atoms with Gasteiger partial charge in [-0.25, -0.2) is 26.7 Å². The molecule has 0 saturated heterocycles. The minimum atomic E-state index is -1.64. The summed E-state index contributed by atoms with van der Waals surface area (Å²) in [6.45, 7) is 0.186. The van der Waals surface area contributed by atoms with Crippen LogP contribution in [0.2, 0.25) is 0 Å². The Morgan fingerprint density at radius 1 is 1.03 bits per heavy atom. The van der Waals surface area contributed by atoms with Crippen LogP contribution in [0.15, 0.2) is 34.9 Å². The highest BCUT2D eigenvalue weighted by molar-refractivity contribution is 5.89. The molecule has 1 aliphatic heterocycles. The third kappa shape index (κ3) is 3.53. The van der Waals surface area contributed by atoms with Crippen LogP contribution in [0.1, 0.15) is 11.3 Å². The van der Waals surface area contributed by atoms with Crippen molar-refractivity contribution in [2.45, 2.75) is 13.0 Å². The zero-order chi connectivity index (χ0) is 20.7. The van der Waals surface area contributed by atoms with Gasteiger partial charge in [0.15, 0.2) is 23.2 Å². The quantitative estimate of drug-likeness (QED) is 0.496. The Kier molecular flexibility index (Phi) is 4.69. The number of halogens is 5. The van der Waals surface area contributed by atoms with Gasteiger partial charge in [-0.2, -0.15) is 0 Å². The smallest absolute Gasteiger partial charge is 0.322 e. The first-order chi connectivity index (χ1) is 13.8. The molecule has 2 amide bonds. The van der Waals surface area contributed by atoms with Gasteiger partial charge in [0.05, 0.1) is 17.8 Å². The standard InChI is InChI=1S/C19H12F5N3O2/c20-9-1-2-11(13(21)5-9)18-12-8-27(4-3-16(12)26-29-18)19(28)25-10-6-14(22)17(24)15(23)7-10/h1-2,5-7H,3-4,8H2,(H,25,28). The van der Waals surface area contributed by atoms with Gasteiger partial charge in [0.25, 0.3) is 0 Å². The second kappa shape index (κ2) is 7.19. The lowest BCUT2D eigenvalue weighted by Gasteiger charge is -2.26. The Hall–Kier alpha value is -3.43. The van der Waals surface area contributed by atoms with Crippen molar-refractivity contribution in [2.75, 3.05) is 11.9 Å². The zero-order valence-corrected chi connectivity index (χ0v) is 14.6. The van der Waals surface area contributed by atoms with Crippen LogP contribution in [0.5, 0.6) is 0 Å². The number of nitrogens with zero attached hydrogens (tertiary/aromatic N) is 2. The minimum absolute atomic E-state index is 0.00918. The predicted octanol–water partition coefficient (Wildman–Crippen LogP) is 4.63. The lowest BCUT2D eigenvalue weighted by molar-refractivity contribution is 0.206. The summed E-state index contributed by atoms with van der Waals surface area (Å²) in [5.41, 5.74) is 0.692. The van der Waals surface area contributed by atoms with Crippen LogP contribution in [-0.2, 0) is 13.0 Å². The number of fused-ring (bicyclic) bond motifs is 1. The summed E-state index contributed by atoms with van der Waals surface area (Å²) in [7, 11) is 0. The molecular weight excluding hydrogens is 397 g/mol. The molecule has 0 spiro atoms. The Morgan fingerprint density at radius 2 is 1.76 bits per heavy atom. The van der Waals surface area contributed by atoms with Gasteiger partial charge < -0.3 is 14.7 Å². The number of hydrogen-bond donors (Lipinski definition) is 1. The molecule has 0 radical (unpaired) electrons. The molecule has 0 aliphatic carbocycles. The molecule has 0 saturated carbocycles. The van der Waals surface area contributed by atoms with Gasteiger partial charge in [-0.1, -0.05) is 5.16 Å². The highest BCUT2D eigenvalue weighted by Crippen LogP contribution is 2.32. The molecular formula is C19H12F5N3O2. The number of carbonyl (C=O) groups is 1. The summed E-state index contributed by atoms with van der Waals surface area (Å²) in [6, 6.07) is 3.59. The maximum Gasteiger partial charge on any atom is 0.322 e. The minimum Gasteiger partial charge on any atom is -0.356 e. The number of benzene rings is 2. The van der Waals surface area contributed by atoms with E-state index in [4.69, 9.17) is 4.52 Å². The summed E-state index contributed by atoms with van der Waals surface area (Å²) >= 11 is 0. The molecule has 1 aliphatic rings. The fourth-order valence-corrected chi connectivity index (χ4v) is 3.10. The molecule has 2 aromatic carbocycles. The number of nitrogens with one attached hydrogen (secondary N) is 1. The number of hydrogen-bond acceptors (Lipinski definition) is 3. The van der Waals surface area contributed by atoms with E-state index in [1.807, 2.05) is 0 Å². The highest BCUT2D eigenvalue weighted by atomic mass is 19.2. The second-order valence-corrected chi connectivity index (χ2v) is 6.42. The first kappa shape index (κ1) is 18.9. The van der Waals surface area contributed by atoms with Crippen molar-refractivity contribution in [3.05, 3.63) is 70.7 Å². The van der Waals surface area contributed by atoms with Crippen molar-refractivity contribution >= 4 is 11.7 Å². The topological polar surface area (TPSA) is 58.4 Å². The Morgan fingerprint density at radius 3 is 2.45 bits per heavy atom. The molecule has 0 bridgehead atoms. The molecule has 3 aromatic rings. The largest absolute Gasteiger partial charge is 0.356 e. The predicted molar refractivity (Wildman–Crippen MR) is 91.3 cm³/mol. The molecule has 0 fully saturated rings. The van der Waals surface area contributed by atoms with E-state index in [0.717, 1.165) is 6.07 Å². The molecule has 29 heavy (non-hydrogen) atoms. The van der Waals surface area contributed by atoms with E-state index in [0.29, 0.717) is 35.9 Å². The highest BCUT2D eigenvalue weighted by Gasteiger charge is 2.29. The number of carbonyl (C=O) groups excluding carboxylic acids is 1. The van der Waals surface area contributed by atoms with Crippen molar-refractivity contribution in [1.82, 2.24) is 10.1 Å². The Balaban J connectivity index is 1.57. The van der Waals surface area contributed by atoms with Crippen LogP contribution in [0.4, 0.5) is 32.4 Å². The van der Waals surface area contributed by atoms with Gasteiger partial charge in [0.2, 0.25) is 0 Å². The lowest BCUT2D eigenvalue weighted by Crippen LogP contribution is -2.38. The van der Waals surface area contributed by atoms with Crippen LogP contribution in [-0.4, -0.2) is 22.6 Å². The van der Waals surface area contributed by atoms with E-state index < -0.39 is 35.1 Å². The van der Waals surface area contributed by atoms with E-state index in [9.17, 15) is 26.7 Å². The van der Waals surface area contributed by atoms with Crippen molar-refractivity contribution < 1.29 is 31.3 Å². The molecule has 2 heterocycles. The van der Waals surface area contributed by atoms with Crippen LogP contribution >= 0.6 is 0 Å². The van der Waals surface area contributed by atoms with Gasteiger partial charge in [0.1, 0.15) is 11.6 Å². The van der Waals surface area contributed by atoms with Crippen molar-refractivity contribution in [2.24, 2.45) is 0 Å². The third-order valence-corrected chi connectivity index (χ3v) is 4.54. The number of rotatable bonds is 2. The molecule has 5 nitrogen and oxygen atoms in total. The van der Waals surface area contributed by atoms with E-state index in [1.54, 1.807) is 0 Å². The molecule has 150 valence electrons. The average molecular weight is 409 g/mol. The molecule has 4 rings (SSSR count). The zero-order valence-electron chi connectivity index (χ0n) is 14.6. The SMILES string of the molecule is O=C(Nc1cc(F)c(F)c(F)c1)N1CCc2noc(-c3ccc(F)cc3F)c2C1. The average Bonchev–Trinajstić information content (AvgIpc) is 3.09. The van der Waals surface area contributed by atoms with Gasteiger partial charge in [-0.3, -0.25) is 0 Å². The first-order valence-electron chi connectivity index (χ1n) is 8.47. The summed E-state index contributed by atoms with van der Waals surface area (Å²) in [4.78, 5) is 13.8. The second-order valence-electron chi connectivity index (χ2n) is 6.42. The van der Waals surface area contributed by atoms with Gasteiger partial charge in [-0.15, -0.1) is 0 Å². The molecule has 10 heteroatoms. The number of aromatic nitrogens is 1. The Bertz CT molecular complexity index is 1090. The summed E-state index contributed by atoms with van der Waals surface area (Å²) < 4.78 is 72.2. The van der Waals surface area contributed by atoms with Gasteiger partial charge >= 0.3 is 6.03 Å². The number of amides is 2. The van der Waals surface area contributed by atoms with Crippen molar-refractivity contribution in [1.29, 1.82) is 0 Å². The van der Waals surface area contributed by atoms with E-state index in [1.165, 1.54) is 11.0 Å². The van der Waals surface area contributed by atoms with Crippen LogP contribution in [0, 0.1) is 29.1 Å². The van der Waals surface area contributed by atoms with Crippen LogP contribution in [0.3, 0.4) is 0 Å². The number of anilines is 1.